The summed E-state index contributed by atoms with van der Waals surface area (Å²) in [4.78, 5) is 34.3. The molecule has 0 atom stereocenters. The second kappa shape index (κ2) is 9.98. The summed E-state index contributed by atoms with van der Waals surface area (Å²) in [6.45, 7) is 0. The molecule has 0 aliphatic heterocycles. The van der Waals surface area contributed by atoms with Gasteiger partial charge in [-0.2, -0.15) is 0 Å². The van der Waals surface area contributed by atoms with Crippen LogP contribution in [0.5, 0.6) is 0 Å². The topological polar surface area (TPSA) is 95.5 Å². The fraction of sp³-hybridized carbons (Fsp3) is 0.250. The van der Waals surface area contributed by atoms with Crippen molar-refractivity contribution in [2.75, 3.05) is 10.6 Å². The molecule has 3 N–H and O–H groups in total. The molecule has 0 aromatic heterocycles. The molecule has 2 rings (SSSR count). The summed E-state index contributed by atoms with van der Waals surface area (Å²) in [6.07, 6.45) is 1.90. The van der Waals surface area contributed by atoms with Gasteiger partial charge >= 0.3 is 5.97 Å². The van der Waals surface area contributed by atoms with E-state index in [1.807, 2.05) is 30.3 Å². The average Bonchev–Trinajstić information content (AvgIpc) is 2.61. The number of anilines is 2. The highest BCUT2D eigenvalue weighted by Crippen LogP contribution is 2.12. The largest absolute Gasteiger partial charge is 0.481 e. The second-order valence-corrected chi connectivity index (χ2v) is 5.94. The van der Waals surface area contributed by atoms with E-state index in [1.165, 1.54) is 0 Å². The molecule has 0 spiro atoms. The molecular weight excluding hydrogens is 332 g/mol. The second-order valence-electron chi connectivity index (χ2n) is 5.94. The first-order valence-corrected chi connectivity index (χ1v) is 8.48. The Morgan fingerprint density at radius 1 is 0.731 bits per heavy atom. The molecule has 0 aliphatic carbocycles. The number of para-hydroxylation sites is 1. The molecule has 0 unspecified atom stereocenters. The van der Waals surface area contributed by atoms with Crippen LogP contribution in [0.2, 0.25) is 0 Å². The highest BCUT2D eigenvalue weighted by Gasteiger charge is 2.06. The monoisotopic (exact) mass is 354 g/mol. The minimum Gasteiger partial charge on any atom is -0.481 e. The summed E-state index contributed by atoms with van der Waals surface area (Å²) in [7, 11) is 0. The molecule has 6 nitrogen and oxygen atoms in total. The number of carboxylic acids is 1. The van der Waals surface area contributed by atoms with Crippen LogP contribution in [0.15, 0.2) is 54.6 Å². The van der Waals surface area contributed by atoms with Crippen LogP contribution >= 0.6 is 0 Å². The van der Waals surface area contributed by atoms with Gasteiger partial charge in [-0.05, 0) is 42.7 Å². The number of rotatable bonds is 9. The van der Waals surface area contributed by atoms with Gasteiger partial charge in [0.25, 0.3) is 0 Å². The number of carboxylic acid groups (broad SMARTS) is 1. The first-order chi connectivity index (χ1) is 12.5. The molecule has 0 bridgehead atoms. The van der Waals surface area contributed by atoms with Crippen LogP contribution in [0.1, 0.15) is 31.2 Å². The molecule has 0 radical (unpaired) electrons. The summed E-state index contributed by atoms with van der Waals surface area (Å²) in [5.74, 6) is -1.08. The number of amides is 2. The Morgan fingerprint density at radius 2 is 1.23 bits per heavy atom. The van der Waals surface area contributed by atoms with Crippen molar-refractivity contribution in [3.8, 4) is 0 Å². The van der Waals surface area contributed by atoms with Crippen LogP contribution in [-0.4, -0.2) is 22.9 Å². The molecule has 26 heavy (non-hydrogen) atoms. The first kappa shape index (κ1) is 19.2. The van der Waals surface area contributed by atoms with Gasteiger partial charge in [-0.1, -0.05) is 30.3 Å². The molecule has 136 valence electrons. The number of carbonyl (C=O) groups is 3. The van der Waals surface area contributed by atoms with Crippen LogP contribution in [0.3, 0.4) is 0 Å². The SMILES string of the molecule is O=C(O)Cc1ccc(NC(=O)CCCCC(=O)Nc2ccccc2)cc1. The van der Waals surface area contributed by atoms with Gasteiger partial charge in [-0.25, -0.2) is 0 Å². The Bertz CT molecular complexity index is 742. The number of carbonyl (C=O) groups excluding carboxylic acids is 2. The van der Waals surface area contributed by atoms with Crippen LogP contribution in [0, 0.1) is 0 Å². The van der Waals surface area contributed by atoms with Crippen molar-refractivity contribution in [1.82, 2.24) is 0 Å². The van der Waals surface area contributed by atoms with Crippen molar-refractivity contribution < 1.29 is 19.5 Å². The summed E-state index contributed by atoms with van der Waals surface area (Å²) < 4.78 is 0. The number of nitrogens with one attached hydrogen (secondary N) is 2. The van der Waals surface area contributed by atoms with E-state index in [9.17, 15) is 14.4 Å². The summed E-state index contributed by atoms with van der Waals surface area (Å²) in [5, 5.41) is 14.3. The summed E-state index contributed by atoms with van der Waals surface area (Å²) in [5.41, 5.74) is 2.08. The molecule has 2 aromatic rings. The predicted octanol–water partition coefficient (Wildman–Crippen LogP) is 3.45. The Labute approximate surface area is 152 Å². The Balaban J connectivity index is 1.64. The van der Waals surface area contributed by atoms with Gasteiger partial charge in [0, 0.05) is 24.2 Å². The van der Waals surface area contributed by atoms with Crippen LogP contribution in [0.4, 0.5) is 11.4 Å². The zero-order valence-electron chi connectivity index (χ0n) is 14.4. The maximum absolute atomic E-state index is 11.9. The summed E-state index contributed by atoms with van der Waals surface area (Å²) >= 11 is 0. The minimum atomic E-state index is -0.891. The van der Waals surface area contributed by atoms with Crippen LogP contribution in [0.25, 0.3) is 0 Å². The molecule has 0 saturated heterocycles. The highest BCUT2D eigenvalue weighted by molar-refractivity contribution is 5.91. The zero-order valence-corrected chi connectivity index (χ0v) is 14.4. The fourth-order valence-electron chi connectivity index (χ4n) is 2.42. The lowest BCUT2D eigenvalue weighted by Crippen LogP contribution is -2.13. The third-order valence-corrected chi connectivity index (χ3v) is 3.71. The van der Waals surface area contributed by atoms with Gasteiger partial charge in [-0.15, -0.1) is 0 Å². The Hall–Kier alpha value is -3.15. The van der Waals surface area contributed by atoms with Crippen molar-refractivity contribution in [1.29, 1.82) is 0 Å². The first-order valence-electron chi connectivity index (χ1n) is 8.48. The van der Waals surface area contributed by atoms with E-state index in [-0.39, 0.29) is 18.2 Å². The highest BCUT2D eigenvalue weighted by atomic mass is 16.4. The molecule has 0 saturated carbocycles. The molecule has 2 aromatic carbocycles. The van der Waals surface area contributed by atoms with Gasteiger partial charge in [0.1, 0.15) is 0 Å². The van der Waals surface area contributed by atoms with Crippen molar-refractivity contribution in [3.05, 3.63) is 60.2 Å². The summed E-state index contributed by atoms with van der Waals surface area (Å²) in [6, 6.07) is 16.0. The van der Waals surface area contributed by atoms with E-state index in [4.69, 9.17) is 5.11 Å². The average molecular weight is 354 g/mol. The lowest BCUT2D eigenvalue weighted by Gasteiger charge is -2.07. The van der Waals surface area contributed by atoms with E-state index < -0.39 is 5.97 Å². The van der Waals surface area contributed by atoms with E-state index in [0.717, 1.165) is 5.69 Å². The number of aliphatic carboxylic acids is 1. The fourth-order valence-corrected chi connectivity index (χ4v) is 2.42. The molecule has 6 heteroatoms. The van der Waals surface area contributed by atoms with Gasteiger partial charge in [0.05, 0.1) is 6.42 Å². The van der Waals surface area contributed by atoms with Gasteiger partial charge < -0.3 is 15.7 Å². The number of hydrogen-bond donors (Lipinski definition) is 3. The molecular formula is C20H22N2O4. The lowest BCUT2D eigenvalue weighted by molar-refractivity contribution is -0.136. The van der Waals surface area contributed by atoms with E-state index in [1.54, 1.807) is 24.3 Å². The van der Waals surface area contributed by atoms with Crippen molar-refractivity contribution in [3.63, 3.8) is 0 Å². The molecule has 0 heterocycles. The van der Waals surface area contributed by atoms with Gasteiger partial charge in [0.15, 0.2) is 0 Å². The van der Waals surface area contributed by atoms with E-state index in [2.05, 4.69) is 10.6 Å². The van der Waals surface area contributed by atoms with Crippen LogP contribution < -0.4 is 10.6 Å². The predicted molar refractivity (Wildman–Crippen MR) is 100.0 cm³/mol. The van der Waals surface area contributed by atoms with Crippen molar-refractivity contribution >= 4 is 29.2 Å². The van der Waals surface area contributed by atoms with Crippen LogP contribution in [-0.2, 0) is 20.8 Å². The maximum atomic E-state index is 11.9. The molecule has 0 aliphatic rings. The number of benzene rings is 2. The third kappa shape index (κ3) is 7.17. The third-order valence-electron chi connectivity index (χ3n) is 3.71. The molecule has 2 amide bonds. The Kier molecular flexibility index (Phi) is 7.36. The normalized spacial score (nSPS) is 10.2. The maximum Gasteiger partial charge on any atom is 0.307 e. The Morgan fingerprint density at radius 3 is 1.73 bits per heavy atom. The van der Waals surface area contributed by atoms with Crippen molar-refractivity contribution in [2.24, 2.45) is 0 Å². The lowest BCUT2D eigenvalue weighted by atomic mass is 10.1. The van der Waals surface area contributed by atoms with Gasteiger partial charge in [0.2, 0.25) is 11.8 Å². The van der Waals surface area contributed by atoms with Gasteiger partial charge in [-0.3, -0.25) is 14.4 Å². The molecule has 0 fully saturated rings. The van der Waals surface area contributed by atoms with Crippen molar-refractivity contribution in [2.45, 2.75) is 32.1 Å². The quantitative estimate of drug-likeness (QED) is 0.601. The smallest absolute Gasteiger partial charge is 0.307 e. The number of hydrogen-bond acceptors (Lipinski definition) is 3. The number of unbranched alkanes of at least 4 members (excludes halogenated alkanes) is 1. The minimum absolute atomic E-state index is 0.0424. The van der Waals surface area contributed by atoms with E-state index >= 15 is 0 Å². The van der Waals surface area contributed by atoms with E-state index in [0.29, 0.717) is 36.9 Å². The standard InChI is InChI=1S/C20H22N2O4/c23-18(21-16-6-2-1-3-7-16)8-4-5-9-19(24)22-17-12-10-15(11-13-17)14-20(25)26/h1-3,6-7,10-13H,4-5,8-9,14H2,(H,21,23)(H,22,24)(H,25,26). The zero-order chi connectivity index (χ0) is 18.8.